The number of aryl methyl sites for hydroxylation is 1. The minimum atomic E-state index is -0.0209. The third-order valence-corrected chi connectivity index (χ3v) is 3.97. The third-order valence-electron chi connectivity index (χ3n) is 3.48. The number of benzene rings is 1. The second-order valence-electron chi connectivity index (χ2n) is 5.53. The van der Waals surface area contributed by atoms with Crippen LogP contribution in [-0.2, 0) is 5.41 Å². The van der Waals surface area contributed by atoms with Gasteiger partial charge < -0.3 is 10.7 Å². The smallest absolute Gasteiger partial charge is 0.112 e. The van der Waals surface area contributed by atoms with Crippen molar-refractivity contribution in [3.63, 3.8) is 0 Å². The summed E-state index contributed by atoms with van der Waals surface area (Å²) >= 11 is 3.51. The number of hydrogen-bond acceptors (Lipinski definition) is 2. The topological polar surface area (TPSA) is 54.7 Å². The Morgan fingerprint density at radius 1 is 1.37 bits per heavy atom. The van der Waals surface area contributed by atoms with E-state index in [1.807, 2.05) is 6.20 Å². The van der Waals surface area contributed by atoms with Gasteiger partial charge in [-0.25, -0.2) is 4.98 Å². The molecule has 3 N–H and O–H groups in total. The minimum Gasteiger partial charge on any atom is -0.342 e. The first-order valence-corrected chi connectivity index (χ1v) is 7.25. The van der Waals surface area contributed by atoms with Crippen molar-refractivity contribution < 1.29 is 0 Å². The SMILES string of the molecule is Cc1ccc(Br)cc1-c1cnc(C(C)(C)CCN)[nH]1. The van der Waals surface area contributed by atoms with Gasteiger partial charge in [0.1, 0.15) is 5.82 Å². The summed E-state index contributed by atoms with van der Waals surface area (Å²) in [7, 11) is 0. The number of halogens is 1. The molecule has 102 valence electrons. The van der Waals surface area contributed by atoms with E-state index in [4.69, 9.17) is 5.73 Å². The summed E-state index contributed by atoms with van der Waals surface area (Å²) in [6.45, 7) is 7.10. The van der Waals surface area contributed by atoms with E-state index in [1.165, 1.54) is 11.1 Å². The van der Waals surface area contributed by atoms with E-state index in [0.717, 1.165) is 22.4 Å². The Morgan fingerprint density at radius 2 is 2.11 bits per heavy atom. The van der Waals surface area contributed by atoms with Gasteiger partial charge in [-0.2, -0.15) is 0 Å². The molecule has 0 amide bonds. The van der Waals surface area contributed by atoms with E-state index in [-0.39, 0.29) is 5.41 Å². The van der Waals surface area contributed by atoms with E-state index >= 15 is 0 Å². The Hall–Kier alpha value is -1.13. The first-order valence-electron chi connectivity index (χ1n) is 6.46. The van der Waals surface area contributed by atoms with E-state index in [0.29, 0.717) is 6.54 Å². The van der Waals surface area contributed by atoms with Gasteiger partial charge in [0.15, 0.2) is 0 Å². The fourth-order valence-corrected chi connectivity index (χ4v) is 2.53. The second kappa shape index (κ2) is 5.47. The highest BCUT2D eigenvalue weighted by Crippen LogP contribution is 2.29. The summed E-state index contributed by atoms with van der Waals surface area (Å²) in [6, 6.07) is 6.27. The molecule has 1 heterocycles. The van der Waals surface area contributed by atoms with Crippen LogP contribution in [0.25, 0.3) is 11.3 Å². The predicted molar refractivity (Wildman–Crippen MR) is 83.2 cm³/mol. The number of nitrogens with two attached hydrogens (primary N) is 1. The van der Waals surface area contributed by atoms with Crippen LogP contribution in [0.15, 0.2) is 28.9 Å². The van der Waals surface area contributed by atoms with Crippen LogP contribution in [-0.4, -0.2) is 16.5 Å². The monoisotopic (exact) mass is 321 g/mol. The molecule has 0 spiro atoms. The summed E-state index contributed by atoms with van der Waals surface area (Å²) in [6.07, 6.45) is 2.82. The van der Waals surface area contributed by atoms with Crippen molar-refractivity contribution in [1.82, 2.24) is 9.97 Å². The molecule has 1 aromatic carbocycles. The van der Waals surface area contributed by atoms with Gasteiger partial charge in [0, 0.05) is 15.5 Å². The lowest BCUT2D eigenvalue weighted by Crippen LogP contribution is -2.23. The number of nitrogens with one attached hydrogen (secondary N) is 1. The molecular weight excluding hydrogens is 302 g/mol. The van der Waals surface area contributed by atoms with Gasteiger partial charge in [-0.15, -0.1) is 0 Å². The number of imidazole rings is 1. The molecule has 2 aromatic rings. The zero-order valence-corrected chi connectivity index (χ0v) is 13.2. The van der Waals surface area contributed by atoms with Crippen LogP contribution in [0, 0.1) is 6.92 Å². The molecule has 0 radical (unpaired) electrons. The van der Waals surface area contributed by atoms with E-state index < -0.39 is 0 Å². The van der Waals surface area contributed by atoms with Crippen LogP contribution in [0.5, 0.6) is 0 Å². The molecule has 0 atom stereocenters. The molecule has 0 aliphatic rings. The molecule has 19 heavy (non-hydrogen) atoms. The minimum absolute atomic E-state index is 0.0209. The quantitative estimate of drug-likeness (QED) is 0.900. The van der Waals surface area contributed by atoms with Crippen LogP contribution in [0.1, 0.15) is 31.7 Å². The van der Waals surface area contributed by atoms with E-state index in [1.54, 1.807) is 0 Å². The molecule has 1 aromatic heterocycles. The molecule has 2 rings (SSSR count). The van der Waals surface area contributed by atoms with Crippen LogP contribution >= 0.6 is 15.9 Å². The first kappa shape index (κ1) is 14.3. The van der Waals surface area contributed by atoms with Gasteiger partial charge in [0.05, 0.1) is 11.9 Å². The molecule has 4 heteroatoms. The molecule has 0 saturated heterocycles. The molecule has 0 aliphatic carbocycles. The molecule has 0 saturated carbocycles. The van der Waals surface area contributed by atoms with Gasteiger partial charge >= 0.3 is 0 Å². The Balaban J connectivity index is 2.38. The third kappa shape index (κ3) is 3.07. The fraction of sp³-hybridized carbons (Fsp3) is 0.400. The standard InChI is InChI=1S/C15H20BrN3/c1-10-4-5-11(16)8-12(10)13-9-18-14(19-13)15(2,3)6-7-17/h4-5,8-9H,6-7,17H2,1-3H3,(H,18,19). The van der Waals surface area contributed by atoms with Crippen molar-refractivity contribution in [1.29, 1.82) is 0 Å². The van der Waals surface area contributed by atoms with Crippen molar-refractivity contribution in [2.75, 3.05) is 6.54 Å². The number of H-pyrrole nitrogens is 1. The molecule has 0 bridgehead atoms. The summed E-state index contributed by atoms with van der Waals surface area (Å²) in [5.41, 5.74) is 9.11. The van der Waals surface area contributed by atoms with Crippen LogP contribution in [0.2, 0.25) is 0 Å². The largest absolute Gasteiger partial charge is 0.342 e. The molecule has 0 fully saturated rings. The zero-order chi connectivity index (χ0) is 14.0. The Bertz CT molecular complexity index is 573. The summed E-state index contributed by atoms with van der Waals surface area (Å²) in [5.74, 6) is 0.993. The van der Waals surface area contributed by atoms with Gasteiger partial charge in [-0.1, -0.05) is 35.8 Å². The summed E-state index contributed by atoms with van der Waals surface area (Å²) in [5, 5.41) is 0. The normalized spacial score (nSPS) is 11.8. The van der Waals surface area contributed by atoms with Gasteiger partial charge in [0.25, 0.3) is 0 Å². The van der Waals surface area contributed by atoms with Gasteiger partial charge in [-0.3, -0.25) is 0 Å². The number of hydrogen-bond donors (Lipinski definition) is 2. The van der Waals surface area contributed by atoms with Crippen molar-refractivity contribution in [2.45, 2.75) is 32.6 Å². The fourth-order valence-electron chi connectivity index (χ4n) is 2.17. The van der Waals surface area contributed by atoms with Crippen LogP contribution in [0.4, 0.5) is 0 Å². The van der Waals surface area contributed by atoms with Crippen LogP contribution in [0.3, 0.4) is 0 Å². The highest BCUT2D eigenvalue weighted by atomic mass is 79.9. The van der Waals surface area contributed by atoms with Crippen molar-refractivity contribution in [2.24, 2.45) is 5.73 Å². The van der Waals surface area contributed by atoms with Crippen molar-refractivity contribution in [3.05, 3.63) is 40.3 Å². The average Bonchev–Trinajstić information content (AvgIpc) is 2.82. The van der Waals surface area contributed by atoms with Gasteiger partial charge in [0.2, 0.25) is 0 Å². The maximum absolute atomic E-state index is 5.67. The maximum atomic E-state index is 5.67. The number of nitrogens with zero attached hydrogens (tertiary/aromatic N) is 1. The van der Waals surface area contributed by atoms with Gasteiger partial charge in [-0.05, 0) is 37.6 Å². The highest BCUT2D eigenvalue weighted by molar-refractivity contribution is 9.10. The average molecular weight is 322 g/mol. The number of aromatic amines is 1. The Labute approximate surface area is 122 Å². The van der Waals surface area contributed by atoms with E-state index in [2.05, 4.69) is 64.9 Å². The van der Waals surface area contributed by atoms with Crippen molar-refractivity contribution >= 4 is 15.9 Å². The van der Waals surface area contributed by atoms with Crippen LogP contribution < -0.4 is 5.73 Å². The Kier molecular flexibility index (Phi) is 4.11. The predicted octanol–water partition coefficient (Wildman–Crippen LogP) is 3.77. The number of rotatable bonds is 4. The summed E-state index contributed by atoms with van der Waals surface area (Å²) < 4.78 is 1.07. The highest BCUT2D eigenvalue weighted by Gasteiger charge is 2.23. The lowest BCUT2D eigenvalue weighted by molar-refractivity contribution is 0.462. The summed E-state index contributed by atoms with van der Waals surface area (Å²) in [4.78, 5) is 7.96. The second-order valence-corrected chi connectivity index (χ2v) is 6.44. The molecule has 3 nitrogen and oxygen atoms in total. The lowest BCUT2D eigenvalue weighted by Gasteiger charge is -2.20. The molecule has 0 aliphatic heterocycles. The Morgan fingerprint density at radius 3 is 2.79 bits per heavy atom. The maximum Gasteiger partial charge on any atom is 0.112 e. The van der Waals surface area contributed by atoms with E-state index in [9.17, 15) is 0 Å². The van der Waals surface area contributed by atoms with Crippen molar-refractivity contribution in [3.8, 4) is 11.3 Å². The molecule has 0 unspecified atom stereocenters. The lowest BCUT2D eigenvalue weighted by atomic mass is 9.88. The first-order chi connectivity index (χ1) is 8.94. The molecular formula is C15H20BrN3. The number of aromatic nitrogens is 2. The zero-order valence-electron chi connectivity index (χ0n) is 11.6.